The van der Waals surface area contributed by atoms with Gasteiger partial charge in [-0.15, -0.1) is 0 Å². The van der Waals surface area contributed by atoms with Crippen LogP contribution in [0.15, 0.2) is 47.4 Å². The molecule has 0 aromatic heterocycles. The van der Waals surface area contributed by atoms with Crippen LogP contribution in [0.25, 0.3) is 0 Å². The zero-order valence-corrected chi connectivity index (χ0v) is 17.7. The largest absolute Gasteiger partial charge is 0.379 e. The molecule has 4 nitrogen and oxygen atoms in total. The maximum absolute atomic E-state index is 14.6. The average Bonchev–Trinajstić information content (AvgIpc) is 2.70. The number of benzene rings is 2. The molecular formula is C21H24ClF2NO3S. The summed E-state index contributed by atoms with van der Waals surface area (Å²) in [4.78, 5) is 2.22. The van der Waals surface area contributed by atoms with Crippen LogP contribution >= 0.6 is 11.6 Å². The van der Waals surface area contributed by atoms with Gasteiger partial charge in [0.2, 0.25) is 0 Å². The maximum atomic E-state index is 14.6. The Balaban J connectivity index is 1.94. The van der Waals surface area contributed by atoms with Gasteiger partial charge in [0.1, 0.15) is 11.6 Å². The van der Waals surface area contributed by atoms with Crippen molar-refractivity contribution in [3.8, 4) is 0 Å². The Labute approximate surface area is 175 Å². The van der Waals surface area contributed by atoms with E-state index in [2.05, 4.69) is 4.90 Å². The zero-order chi connectivity index (χ0) is 21.0. The van der Waals surface area contributed by atoms with Crippen LogP contribution in [0.5, 0.6) is 0 Å². The second-order valence-corrected chi connectivity index (χ2v) is 9.81. The van der Waals surface area contributed by atoms with E-state index >= 15 is 0 Å². The van der Waals surface area contributed by atoms with Gasteiger partial charge in [0, 0.05) is 23.7 Å². The summed E-state index contributed by atoms with van der Waals surface area (Å²) in [5.74, 6) is -1.83. The minimum atomic E-state index is -3.97. The molecule has 0 bridgehead atoms. The molecule has 1 fully saturated rings. The Morgan fingerprint density at radius 3 is 2.41 bits per heavy atom. The number of hydrogen-bond donors (Lipinski definition) is 0. The summed E-state index contributed by atoms with van der Waals surface area (Å²) in [5, 5.41) is -0.807. The van der Waals surface area contributed by atoms with E-state index in [-0.39, 0.29) is 10.5 Å². The first kappa shape index (κ1) is 22.2. The third kappa shape index (κ3) is 5.34. The summed E-state index contributed by atoms with van der Waals surface area (Å²) < 4.78 is 60.7. The average molecular weight is 444 g/mol. The lowest BCUT2D eigenvalue weighted by molar-refractivity contribution is 0.0356. The molecule has 2 aromatic carbocycles. The van der Waals surface area contributed by atoms with E-state index < -0.39 is 32.6 Å². The van der Waals surface area contributed by atoms with Crippen LogP contribution < -0.4 is 0 Å². The second kappa shape index (κ2) is 9.51. The first-order valence-corrected chi connectivity index (χ1v) is 11.5. The summed E-state index contributed by atoms with van der Waals surface area (Å²) >= 11 is 5.88. The third-order valence-electron chi connectivity index (χ3n) is 5.26. The second-order valence-electron chi connectivity index (χ2n) is 7.31. The molecule has 2 unspecified atom stereocenters. The van der Waals surface area contributed by atoms with Gasteiger partial charge in [0.25, 0.3) is 0 Å². The van der Waals surface area contributed by atoms with Crippen LogP contribution in [0.3, 0.4) is 0 Å². The molecule has 8 heteroatoms. The molecule has 0 aliphatic carbocycles. The Kier molecular flexibility index (Phi) is 7.27. The van der Waals surface area contributed by atoms with Crippen molar-refractivity contribution in [2.24, 2.45) is 5.92 Å². The van der Waals surface area contributed by atoms with Gasteiger partial charge >= 0.3 is 0 Å². The fraction of sp³-hybridized carbons (Fsp3) is 0.429. The molecule has 1 aliphatic heterocycles. The predicted octanol–water partition coefficient (Wildman–Crippen LogP) is 4.49. The minimum Gasteiger partial charge on any atom is -0.379 e. The van der Waals surface area contributed by atoms with Crippen molar-refractivity contribution in [2.45, 2.75) is 23.5 Å². The van der Waals surface area contributed by atoms with Gasteiger partial charge in [-0.2, -0.15) is 0 Å². The van der Waals surface area contributed by atoms with Crippen LogP contribution in [-0.4, -0.2) is 46.2 Å². The molecule has 3 rings (SSSR count). The molecule has 0 amide bonds. The van der Waals surface area contributed by atoms with Gasteiger partial charge in [0.05, 0.1) is 23.4 Å². The van der Waals surface area contributed by atoms with Crippen LogP contribution in [0.4, 0.5) is 8.78 Å². The summed E-state index contributed by atoms with van der Waals surface area (Å²) in [6.07, 6.45) is 0.521. The molecule has 1 heterocycles. The number of rotatable bonds is 7. The normalized spacial score (nSPS) is 17.8. The van der Waals surface area contributed by atoms with E-state index in [0.29, 0.717) is 31.2 Å². The lowest BCUT2D eigenvalue weighted by atomic mass is 9.96. The monoisotopic (exact) mass is 443 g/mol. The van der Waals surface area contributed by atoms with E-state index in [4.69, 9.17) is 16.3 Å². The highest BCUT2D eigenvalue weighted by molar-refractivity contribution is 7.91. The SMILES string of the molecule is CC(CCN1CCOCC1)C(c1cc(F)ccc1F)S(=O)(=O)c1ccc(Cl)cc1. The number of halogens is 3. The fourth-order valence-electron chi connectivity index (χ4n) is 3.65. The Bertz CT molecular complexity index is 931. The smallest absolute Gasteiger partial charge is 0.185 e. The van der Waals surface area contributed by atoms with E-state index in [9.17, 15) is 17.2 Å². The van der Waals surface area contributed by atoms with Crippen molar-refractivity contribution >= 4 is 21.4 Å². The highest BCUT2D eigenvalue weighted by Crippen LogP contribution is 2.38. The first-order chi connectivity index (χ1) is 13.8. The van der Waals surface area contributed by atoms with Gasteiger partial charge in [0.15, 0.2) is 9.84 Å². The molecule has 0 radical (unpaired) electrons. The van der Waals surface area contributed by atoms with Crippen molar-refractivity contribution in [3.63, 3.8) is 0 Å². The molecular weight excluding hydrogens is 420 g/mol. The van der Waals surface area contributed by atoms with Gasteiger partial charge in [-0.3, -0.25) is 4.90 Å². The van der Waals surface area contributed by atoms with E-state index in [0.717, 1.165) is 31.3 Å². The lowest BCUT2D eigenvalue weighted by Gasteiger charge is -2.30. The van der Waals surface area contributed by atoms with Crippen LogP contribution in [0.2, 0.25) is 5.02 Å². The Hall–Kier alpha value is -1.54. The van der Waals surface area contributed by atoms with Crippen molar-refractivity contribution < 1.29 is 21.9 Å². The number of sulfone groups is 1. The molecule has 0 spiro atoms. The molecule has 0 N–H and O–H groups in total. The van der Waals surface area contributed by atoms with Crippen LogP contribution in [0, 0.1) is 17.6 Å². The van der Waals surface area contributed by atoms with Crippen LogP contribution in [0.1, 0.15) is 24.2 Å². The van der Waals surface area contributed by atoms with Crippen molar-refractivity contribution in [1.29, 1.82) is 0 Å². The highest BCUT2D eigenvalue weighted by atomic mass is 35.5. The number of nitrogens with zero attached hydrogens (tertiary/aromatic N) is 1. The molecule has 2 aromatic rings. The predicted molar refractivity (Wildman–Crippen MR) is 109 cm³/mol. The molecule has 158 valence electrons. The maximum Gasteiger partial charge on any atom is 0.185 e. The van der Waals surface area contributed by atoms with E-state index in [1.165, 1.54) is 24.3 Å². The summed E-state index contributed by atoms with van der Waals surface area (Å²) in [7, 11) is -3.97. The Morgan fingerprint density at radius 1 is 1.10 bits per heavy atom. The molecule has 2 atom stereocenters. The molecule has 0 saturated carbocycles. The number of hydrogen-bond acceptors (Lipinski definition) is 4. The van der Waals surface area contributed by atoms with Gasteiger partial charge < -0.3 is 4.74 Å². The van der Waals surface area contributed by atoms with Gasteiger partial charge in [-0.05, 0) is 61.3 Å². The molecule has 1 aliphatic rings. The Morgan fingerprint density at radius 2 is 1.76 bits per heavy atom. The minimum absolute atomic E-state index is 0.0359. The highest BCUT2D eigenvalue weighted by Gasteiger charge is 2.36. The van der Waals surface area contributed by atoms with E-state index in [1.54, 1.807) is 6.92 Å². The summed E-state index contributed by atoms with van der Waals surface area (Å²) in [5.41, 5.74) is -0.144. The van der Waals surface area contributed by atoms with Crippen molar-refractivity contribution in [2.75, 3.05) is 32.8 Å². The topological polar surface area (TPSA) is 46.6 Å². The van der Waals surface area contributed by atoms with Gasteiger partial charge in [-0.1, -0.05) is 18.5 Å². The molecule has 29 heavy (non-hydrogen) atoms. The number of morpholine rings is 1. The standard InChI is InChI=1S/C21H24ClF2NO3S/c1-15(8-9-25-10-12-28-13-11-25)21(19-14-17(23)4-7-20(19)24)29(26,27)18-5-2-16(22)3-6-18/h2-7,14-15,21H,8-13H2,1H3. The van der Waals surface area contributed by atoms with Gasteiger partial charge in [-0.25, -0.2) is 17.2 Å². The zero-order valence-electron chi connectivity index (χ0n) is 16.2. The number of ether oxygens (including phenoxy) is 1. The fourth-order valence-corrected chi connectivity index (χ4v) is 5.84. The first-order valence-electron chi connectivity index (χ1n) is 9.53. The van der Waals surface area contributed by atoms with Crippen molar-refractivity contribution in [3.05, 3.63) is 64.7 Å². The van der Waals surface area contributed by atoms with Crippen molar-refractivity contribution in [1.82, 2.24) is 4.90 Å². The quantitative estimate of drug-likeness (QED) is 0.632. The summed E-state index contributed by atoms with van der Waals surface area (Å²) in [6.45, 7) is 5.25. The third-order valence-corrected chi connectivity index (χ3v) is 7.83. The van der Waals surface area contributed by atoms with E-state index in [1.807, 2.05) is 0 Å². The lowest BCUT2D eigenvalue weighted by Crippen LogP contribution is -2.38. The summed E-state index contributed by atoms with van der Waals surface area (Å²) in [6, 6.07) is 8.70. The van der Waals surface area contributed by atoms with Crippen LogP contribution in [-0.2, 0) is 14.6 Å². The molecule has 1 saturated heterocycles.